The number of nitrogens with one attached hydrogen (secondary N) is 1. The van der Waals surface area contributed by atoms with E-state index >= 15 is 0 Å². The Labute approximate surface area is 283 Å². The van der Waals surface area contributed by atoms with Crippen molar-refractivity contribution in [2.75, 3.05) is 7.05 Å². The summed E-state index contributed by atoms with van der Waals surface area (Å²) in [5, 5.41) is 5.29. The third-order valence-corrected chi connectivity index (χ3v) is 10.7. The number of likely N-dealkylation sites (N-methyl/N-ethyl adjacent to an activating group) is 1. The van der Waals surface area contributed by atoms with Crippen LogP contribution in [0.4, 0.5) is 0 Å². The zero-order valence-corrected chi connectivity index (χ0v) is 27.8. The average molecular weight is 631 g/mol. The number of fused-ring (bicyclic) bond motifs is 5. The fourth-order valence-electron chi connectivity index (χ4n) is 8.43. The second-order valence-electron chi connectivity index (χ2n) is 13.7. The number of nitrogens with zero attached hydrogens (tertiary/aromatic N) is 5. The van der Waals surface area contributed by atoms with E-state index in [1.807, 2.05) is 6.20 Å². The zero-order chi connectivity index (χ0) is 32.2. The molecule has 0 radical (unpaired) electrons. The Morgan fingerprint density at radius 2 is 1.65 bits per heavy atom. The van der Waals surface area contributed by atoms with Crippen molar-refractivity contribution in [1.29, 1.82) is 0 Å². The van der Waals surface area contributed by atoms with Crippen LogP contribution < -0.4 is 5.32 Å². The Kier molecular flexibility index (Phi) is 7.27. The summed E-state index contributed by atoms with van der Waals surface area (Å²) in [6.45, 7) is 2.40. The van der Waals surface area contributed by atoms with Crippen molar-refractivity contribution in [1.82, 2.24) is 24.7 Å². The molecule has 0 bridgehead atoms. The quantitative estimate of drug-likeness (QED) is 0.313. The van der Waals surface area contributed by atoms with Crippen LogP contribution in [0.3, 0.4) is 0 Å². The molecule has 0 amide bonds. The van der Waals surface area contributed by atoms with Crippen molar-refractivity contribution < 1.29 is 0 Å². The minimum Gasteiger partial charge on any atom is -0.326 e. The van der Waals surface area contributed by atoms with Gasteiger partial charge < -0.3 is 9.80 Å². The molecule has 4 heterocycles. The molecule has 1 aromatic carbocycles. The molecular formula is C42H42N6. The first-order valence-corrected chi connectivity index (χ1v) is 17.6. The van der Waals surface area contributed by atoms with Crippen LogP contribution in [0.5, 0.6) is 0 Å². The van der Waals surface area contributed by atoms with Crippen molar-refractivity contribution >= 4 is 28.1 Å². The van der Waals surface area contributed by atoms with Gasteiger partial charge in [0.25, 0.3) is 0 Å². The molecule has 2 aliphatic heterocycles. The van der Waals surface area contributed by atoms with E-state index in [9.17, 15) is 0 Å². The molecule has 0 saturated carbocycles. The number of rotatable bonds is 4. The normalized spacial score (nSPS) is 25.0. The Hall–Kier alpha value is -4.94. The number of allylic oxidation sites excluding steroid dienone is 13. The van der Waals surface area contributed by atoms with Gasteiger partial charge in [-0.3, -0.25) is 9.88 Å². The third-order valence-electron chi connectivity index (χ3n) is 10.7. The number of hydrogen-bond donors (Lipinski definition) is 1. The minimum atomic E-state index is -0.137. The summed E-state index contributed by atoms with van der Waals surface area (Å²) in [5.74, 6) is 1.41. The van der Waals surface area contributed by atoms with E-state index in [0.717, 1.165) is 56.4 Å². The van der Waals surface area contributed by atoms with Crippen LogP contribution in [0.1, 0.15) is 57.6 Å². The standard InChI is InChI=1S/C42H42N6/c1-28-16-14-26-35-36(28)38-37(29-17-6-3-7-18-29)32-23-15-27-43-41(32)48(38)34-25-13-12-24-33(34)47(35)42-45-39(30-19-8-4-9-20-30)44-40(46(42)2)31-21-10-5-11-22-31/h3-8,10,13-15,17-19,21,23,25-28,39,42,45H,9,11-12,16,20,22,24H2,1-2H3. The number of aromatic nitrogens is 2. The molecule has 3 atom stereocenters. The van der Waals surface area contributed by atoms with E-state index in [2.05, 4.69) is 137 Å². The monoisotopic (exact) mass is 630 g/mol. The molecular weight excluding hydrogens is 589 g/mol. The summed E-state index contributed by atoms with van der Waals surface area (Å²) < 4.78 is 2.49. The van der Waals surface area contributed by atoms with Crippen LogP contribution in [0.25, 0.3) is 33.4 Å². The summed E-state index contributed by atoms with van der Waals surface area (Å²) >= 11 is 0. The maximum Gasteiger partial charge on any atom is 0.164 e. The van der Waals surface area contributed by atoms with Gasteiger partial charge in [0.1, 0.15) is 17.6 Å². The summed E-state index contributed by atoms with van der Waals surface area (Å²) in [4.78, 5) is 15.6. The smallest absolute Gasteiger partial charge is 0.164 e. The Bertz CT molecular complexity index is 2080. The van der Waals surface area contributed by atoms with E-state index in [1.54, 1.807) is 0 Å². The fraction of sp³-hybridized carbons (Fsp3) is 0.286. The van der Waals surface area contributed by atoms with E-state index in [4.69, 9.17) is 9.98 Å². The van der Waals surface area contributed by atoms with Gasteiger partial charge in [-0.15, -0.1) is 0 Å². The number of pyridine rings is 1. The van der Waals surface area contributed by atoms with E-state index in [1.165, 1.54) is 56.0 Å². The van der Waals surface area contributed by atoms with Crippen LogP contribution >= 0.6 is 0 Å². The van der Waals surface area contributed by atoms with E-state index < -0.39 is 0 Å². The first kappa shape index (κ1) is 29.2. The first-order valence-electron chi connectivity index (χ1n) is 17.6. The van der Waals surface area contributed by atoms with Crippen molar-refractivity contribution in [2.24, 2.45) is 10.9 Å². The molecule has 240 valence electrons. The third kappa shape index (κ3) is 4.65. The van der Waals surface area contributed by atoms with Gasteiger partial charge in [0, 0.05) is 41.2 Å². The fourth-order valence-corrected chi connectivity index (χ4v) is 8.43. The second-order valence-corrected chi connectivity index (χ2v) is 13.7. The Balaban J connectivity index is 1.32. The van der Waals surface area contributed by atoms with Crippen molar-refractivity contribution in [3.63, 3.8) is 0 Å². The van der Waals surface area contributed by atoms with Crippen molar-refractivity contribution in [3.05, 3.63) is 138 Å². The average Bonchev–Trinajstić information content (AvgIpc) is 3.42. The van der Waals surface area contributed by atoms with Gasteiger partial charge in [-0.25, -0.2) is 9.98 Å². The Morgan fingerprint density at radius 3 is 2.46 bits per heavy atom. The molecule has 6 heteroatoms. The van der Waals surface area contributed by atoms with Crippen LogP contribution in [0.2, 0.25) is 0 Å². The molecule has 0 fully saturated rings. The van der Waals surface area contributed by atoms with E-state index in [0.29, 0.717) is 5.92 Å². The van der Waals surface area contributed by atoms with Crippen molar-refractivity contribution in [2.45, 2.75) is 64.3 Å². The van der Waals surface area contributed by atoms with Gasteiger partial charge in [-0.05, 0) is 91.9 Å². The van der Waals surface area contributed by atoms with Gasteiger partial charge in [-0.1, -0.05) is 85.9 Å². The molecule has 6 nitrogen and oxygen atoms in total. The van der Waals surface area contributed by atoms with Gasteiger partial charge in [0.15, 0.2) is 6.29 Å². The lowest BCUT2D eigenvalue weighted by Crippen LogP contribution is -2.62. The Morgan fingerprint density at radius 1 is 0.833 bits per heavy atom. The lowest BCUT2D eigenvalue weighted by molar-refractivity contribution is 0.120. The highest BCUT2D eigenvalue weighted by Crippen LogP contribution is 2.50. The molecule has 2 aromatic heterocycles. The highest BCUT2D eigenvalue weighted by molar-refractivity contribution is 6.05. The van der Waals surface area contributed by atoms with Crippen molar-refractivity contribution in [3.8, 4) is 11.1 Å². The number of hydrogen-bond acceptors (Lipinski definition) is 5. The largest absolute Gasteiger partial charge is 0.326 e. The minimum absolute atomic E-state index is 0.0975. The number of benzene rings is 1. The van der Waals surface area contributed by atoms with Crippen LogP contribution in [-0.2, 0) is 0 Å². The van der Waals surface area contributed by atoms with Crippen LogP contribution in [-0.4, -0.2) is 44.7 Å². The first-order chi connectivity index (χ1) is 23.7. The maximum absolute atomic E-state index is 5.45. The summed E-state index contributed by atoms with van der Waals surface area (Å²) in [6, 6.07) is 15.3. The molecule has 9 rings (SSSR count). The maximum atomic E-state index is 5.45. The van der Waals surface area contributed by atoms with Gasteiger partial charge in [0.05, 0.1) is 11.4 Å². The molecule has 3 unspecified atom stereocenters. The number of aliphatic imine (C=N–C) groups is 1. The summed E-state index contributed by atoms with van der Waals surface area (Å²) in [6.07, 6.45) is 31.7. The van der Waals surface area contributed by atoms with Gasteiger partial charge >= 0.3 is 0 Å². The highest BCUT2D eigenvalue weighted by atomic mass is 15.5. The molecule has 1 N–H and O–H groups in total. The van der Waals surface area contributed by atoms with Gasteiger partial charge in [-0.2, -0.15) is 0 Å². The second kappa shape index (κ2) is 11.9. The lowest BCUT2D eigenvalue weighted by atomic mass is 9.85. The molecule has 0 saturated heterocycles. The lowest BCUT2D eigenvalue weighted by Gasteiger charge is -2.48. The van der Waals surface area contributed by atoms with Gasteiger partial charge in [0.2, 0.25) is 0 Å². The molecule has 6 aliphatic rings. The molecule has 48 heavy (non-hydrogen) atoms. The molecule has 3 aromatic rings. The van der Waals surface area contributed by atoms with E-state index in [-0.39, 0.29) is 12.5 Å². The zero-order valence-electron chi connectivity index (χ0n) is 27.8. The highest BCUT2D eigenvalue weighted by Gasteiger charge is 2.42. The SMILES string of the molecule is CC1CC=CC2=C1c1c(-c3ccccc3)c3cccnc3n1C1=C(CCC=C1)N2C1NC(C2=CC=CCC2)N=C(C2=CC=CCC2)N1C. The summed E-state index contributed by atoms with van der Waals surface area (Å²) in [7, 11) is 2.23. The molecule has 0 spiro atoms. The predicted octanol–water partition coefficient (Wildman–Crippen LogP) is 8.94. The number of amidine groups is 1. The topological polar surface area (TPSA) is 48.7 Å². The van der Waals surface area contributed by atoms with Crippen LogP contribution in [0, 0.1) is 5.92 Å². The van der Waals surface area contributed by atoms with Crippen LogP contribution in [0.15, 0.2) is 137 Å². The summed E-state index contributed by atoms with van der Waals surface area (Å²) in [5.41, 5.74) is 12.6. The predicted molar refractivity (Wildman–Crippen MR) is 197 cm³/mol. The molecule has 4 aliphatic carbocycles.